The van der Waals surface area contributed by atoms with Crippen molar-refractivity contribution in [1.82, 2.24) is 14.7 Å². The second-order valence-corrected chi connectivity index (χ2v) is 6.58. The van der Waals surface area contributed by atoms with Crippen LogP contribution in [0.25, 0.3) is 0 Å². The molecule has 108 valence electrons. The fourth-order valence-electron chi connectivity index (χ4n) is 2.94. The molecule has 1 aliphatic rings. The molecule has 0 unspecified atom stereocenters. The Bertz CT molecular complexity index is 387. The van der Waals surface area contributed by atoms with Gasteiger partial charge in [-0.1, -0.05) is 13.8 Å². The van der Waals surface area contributed by atoms with Crippen LogP contribution in [0.2, 0.25) is 0 Å². The van der Waals surface area contributed by atoms with Gasteiger partial charge < -0.3 is 4.90 Å². The molecule has 1 saturated heterocycles. The Hall–Kier alpha value is -0.830. The maximum atomic E-state index is 4.59. The maximum Gasteiger partial charge on any atom is 0.0596 e. The third kappa shape index (κ3) is 4.34. The zero-order valence-electron chi connectivity index (χ0n) is 13.0. The summed E-state index contributed by atoms with van der Waals surface area (Å²) in [5, 5.41) is 4.59. The number of aromatic nitrogens is 2. The summed E-state index contributed by atoms with van der Waals surface area (Å²) in [6.45, 7) is 13.8. The second-order valence-electron chi connectivity index (χ2n) is 6.58. The van der Waals surface area contributed by atoms with Gasteiger partial charge in [-0.2, -0.15) is 5.10 Å². The fourth-order valence-corrected chi connectivity index (χ4v) is 2.94. The maximum absolute atomic E-state index is 4.59. The van der Waals surface area contributed by atoms with Gasteiger partial charge in [-0.05, 0) is 70.6 Å². The van der Waals surface area contributed by atoms with Crippen LogP contribution < -0.4 is 0 Å². The van der Waals surface area contributed by atoms with Crippen molar-refractivity contribution in [3.8, 4) is 0 Å². The average Bonchev–Trinajstić information content (AvgIpc) is 2.67. The molecule has 0 saturated carbocycles. The summed E-state index contributed by atoms with van der Waals surface area (Å²) < 4.78 is 2.20. The van der Waals surface area contributed by atoms with Gasteiger partial charge in [0.25, 0.3) is 0 Å². The lowest BCUT2D eigenvalue weighted by Crippen LogP contribution is -2.36. The molecule has 0 N–H and O–H groups in total. The quantitative estimate of drug-likeness (QED) is 0.813. The summed E-state index contributed by atoms with van der Waals surface area (Å²) in [5.41, 5.74) is 2.45. The van der Waals surface area contributed by atoms with Crippen molar-refractivity contribution < 1.29 is 0 Å². The molecule has 0 radical (unpaired) electrons. The van der Waals surface area contributed by atoms with Gasteiger partial charge in [0.15, 0.2) is 0 Å². The zero-order chi connectivity index (χ0) is 13.8. The molecule has 2 heterocycles. The summed E-state index contributed by atoms with van der Waals surface area (Å²) in [6, 6.07) is 2.18. The summed E-state index contributed by atoms with van der Waals surface area (Å²) in [6.07, 6.45) is 4.00. The van der Waals surface area contributed by atoms with Crippen molar-refractivity contribution in [2.45, 2.75) is 53.5 Å². The van der Waals surface area contributed by atoms with Gasteiger partial charge in [-0.15, -0.1) is 0 Å². The van der Waals surface area contributed by atoms with Crippen LogP contribution in [0.5, 0.6) is 0 Å². The van der Waals surface area contributed by atoms with Gasteiger partial charge in [0.05, 0.1) is 5.69 Å². The lowest BCUT2D eigenvalue weighted by atomic mass is 9.96. The highest BCUT2D eigenvalue weighted by atomic mass is 15.3. The molecule has 3 heteroatoms. The molecule has 2 rings (SSSR count). The third-order valence-electron chi connectivity index (χ3n) is 4.26. The van der Waals surface area contributed by atoms with Crippen molar-refractivity contribution in [2.24, 2.45) is 11.8 Å². The van der Waals surface area contributed by atoms with Crippen molar-refractivity contribution in [3.05, 3.63) is 17.5 Å². The minimum Gasteiger partial charge on any atom is -0.303 e. The van der Waals surface area contributed by atoms with Gasteiger partial charge in [-0.25, -0.2) is 0 Å². The molecule has 3 nitrogen and oxygen atoms in total. The van der Waals surface area contributed by atoms with E-state index in [1.54, 1.807) is 0 Å². The Balaban J connectivity index is 1.76. The van der Waals surface area contributed by atoms with Gasteiger partial charge in [-0.3, -0.25) is 4.68 Å². The van der Waals surface area contributed by atoms with Crippen LogP contribution in [0.1, 0.15) is 44.5 Å². The lowest BCUT2D eigenvalue weighted by Gasteiger charge is -2.32. The first-order valence-electron chi connectivity index (χ1n) is 7.78. The van der Waals surface area contributed by atoms with Crippen LogP contribution in [-0.2, 0) is 6.54 Å². The van der Waals surface area contributed by atoms with Gasteiger partial charge in [0.2, 0.25) is 0 Å². The fraction of sp³-hybridized carbons (Fsp3) is 0.812. The average molecular weight is 263 g/mol. The molecule has 19 heavy (non-hydrogen) atoms. The molecule has 0 amide bonds. The topological polar surface area (TPSA) is 21.1 Å². The van der Waals surface area contributed by atoms with E-state index in [0.29, 0.717) is 0 Å². The first-order valence-corrected chi connectivity index (χ1v) is 7.78. The Morgan fingerprint density at radius 1 is 1.26 bits per heavy atom. The largest absolute Gasteiger partial charge is 0.303 e. The van der Waals surface area contributed by atoms with E-state index in [1.165, 1.54) is 44.6 Å². The highest BCUT2D eigenvalue weighted by Gasteiger charge is 2.20. The van der Waals surface area contributed by atoms with E-state index < -0.39 is 0 Å². The second kappa shape index (κ2) is 6.56. The Morgan fingerprint density at radius 2 is 1.95 bits per heavy atom. The predicted molar refractivity (Wildman–Crippen MR) is 80.3 cm³/mol. The van der Waals surface area contributed by atoms with Crippen molar-refractivity contribution in [2.75, 3.05) is 19.6 Å². The number of likely N-dealkylation sites (tertiary alicyclic amines) is 1. The van der Waals surface area contributed by atoms with E-state index in [0.717, 1.165) is 24.1 Å². The highest BCUT2D eigenvalue weighted by Crippen LogP contribution is 2.20. The number of aryl methyl sites for hydroxylation is 2. The zero-order valence-corrected chi connectivity index (χ0v) is 13.0. The molecular formula is C16H29N3. The van der Waals surface area contributed by atoms with Crippen LogP contribution in [-0.4, -0.2) is 34.3 Å². The molecule has 0 spiro atoms. The number of hydrogen-bond donors (Lipinski definition) is 0. The summed E-state index contributed by atoms with van der Waals surface area (Å²) in [5.74, 6) is 1.64. The predicted octanol–water partition coefficient (Wildman–Crippen LogP) is 3.26. The van der Waals surface area contributed by atoms with Crippen LogP contribution in [0.3, 0.4) is 0 Å². The third-order valence-corrected chi connectivity index (χ3v) is 4.26. The number of hydrogen-bond acceptors (Lipinski definition) is 2. The van der Waals surface area contributed by atoms with E-state index in [9.17, 15) is 0 Å². The first kappa shape index (κ1) is 14.6. The number of nitrogens with zero attached hydrogens (tertiary/aromatic N) is 3. The Kier molecular flexibility index (Phi) is 5.03. The van der Waals surface area contributed by atoms with E-state index in [4.69, 9.17) is 0 Å². The molecule has 0 bridgehead atoms. The molecule has 0 atom stereocenters. The first-order chi connectivity index (χ1) is 9.04. The van der Waals surface area contributed by atoms with Gasteiger partial charge >= 0.3 is 0 Å². The summed E-state index contributed by atoms with van der Waals surface area (Å²) >= 11 is 0. The number of piperidine rings is 1. The highest BCUT2D eigenvalue weighted by molar-refractivity contribution is 5.06. The molecule has 1 aliphatic heterocycles. The van der Waals surface area contributed by atoms with Gasteiger partial charge in [0, 0.05) is 12.2 Å². The van der Waals surface area contributed by atoms with Crippen molar-refractivity contribution >= 4 is 0 Å². The summed E-state index contributed by atoms with van der Waals surface area (Å²) in [4.78, 5) is 2.64. The molecule has 1 aromatic rings. The molecule has 0 aliphatic carbocycles. The van der Waals surface area contributed by atoms with Crippen molar-refractivity contribution in [1.29, 1.82) is 0 Å². The normalized spacial score (nSPS) is 18.4. The SMILES string of the molecule is Cc1cc(C)n(CC2CCN(CCC(C)C)CC2)n1. The summed E-state index contributed by atoms with van der Waals surface area (Å²) in [7, 11) is 0. The lowest BCUT2D eigenvalue weighted by molar-refractivity contribution is 0.164. The van der Waals surface area contributed by atoms with Crippen LogP contribution in [0.15, 0.2) is 6.07 Å². The Morgan fingerprint density at radius 3 is 2.47 bits per heavy atom. The van der Waals surface area contributed by atoms with E-state index in [-0.39, 0.29) is 0 Å². The number of rotatable bonds is 5. The standard InChI is InChI=1S/C16H29N3/c1-13(2)5-8-18-9-6-16(7-10-18)12-19-15(4)11-14(3)17-19/h11,13,16H,5-10,12H2,1-4H3. The smallest absolute Gasteiger partial charge is 0.0596 e. The monoisotopic (exact) mass is 263 g/mol. The van der Waals surface area contributed by atoms with Crippen LogP contribution in [0.4, 0.5) is 0 Å². The molecule has 0 aromatic carbocycles. The van der Waals surface area contributed by atoms with Crippen LogP contribution >= 0.6 is 0 Å². The van der Waals surface area contributed by atoms with Gasteiger partial charge in [0.1, 0.15) is 0 Å². The minimum absolute atomic E-state index is 0.813. The molecule has 1 aromatic heterocycles. The van der Waals surface area contributed by atoms with E-state index >= 15 is 0 Å². The minimum atomic E-state index is 0.813. The van der Waals surface area contributed by atoms with Crippen molar-refractivity contribution in [3.63, 3.8) is 0 Å². The van der Waals surface area contributed by atoms with Crippen LogP contribution in [0, 0.1) is 25.7 Å². The molecular weight excluding hydrogens is 234 g/mol. The van der Waals surface area contributed by atoms with E-state index in [2.05, 4.69) is 48.4 Å². The van der Waals surface area contributed by atoms with E-state index in [1.807, 2.05) is 0 Å². The Labute approximate surface area is 118 Å². The molecule has 1 fully saturated rings.